The summed E-state index contributed by atoms with van der Waals surface area (Å²) >= 11 is 0. The minimum atomic E-state index is -0.531. The summed E-state index contributed by atoms with van der Waals surface area (Å²) in [6.07, 6.45) is 0. The summed E-state index contributed by atoms with van der Waals surface area (Å²) in [5.74, 6) is -0.780. The molecule has 3 aromatic rings. The maximum Gasteiger partial charge on any atom is 0.417 e. The van der Waals surface area contributed by atoms with E-state index >= 15 is 0 Å². The number of aromatic nitrogens is 1. The largest absolute Gasteiger partial charge is 0.417 e. The van der Waals surface area contributed by atoms with Crippen molar-refractivity contribution < 1.29 is 9.21 Å². The number of carbonyl (C=O) groups excluding carboxylic acids is 1. The molecule has 3 rings (SSSR count). The van der Waals surface area contributed by atoms with E-state index in [1.807, 2.05) is 31.2 Å². The number of aryl methyl sites for hydroxylation is 1. The summed E-state index contributed by atoms with van der Waals surface area (Å²) in [4.78, 5) is 25.7. The van der Waals surface area contributed by atoms with Crippen LogP contribution in [-0.2, 0) is 0 Å². The molecule has 2 N–H and O–H groups in total. The number of benzene rings is 2. The Labute approximate surface area is 114 Å². The molecule has 1 heterocycles. The van der Waals surface area contributed by atoms with Gasteiger partial charge in [0.15, 0.2) is 5.58 Å². The molecule has 5 heteroatoms. The lowest BCUT2D eigenvalue weighted by molar-refractivity contribution is 0.102. The first kappa shape index (κ1) is 12.2. The lowest BCUT2D eigenvalue weighted by Gasteiger charge is -2.05. The van der Waals surface area contributed by atoms with Crippen LogP contribution >= 0.6 is 0 Å². The van der Waals surface area contributed by atoms with Crippen LogP contribution in [-0.4, -0.2) is 10.9 Å². The fraction of sp³-hybridized carbons (Fsp3) is 0.0667. The number of carbonyl (C=O) groups is 1. The Morgan fingerprint density at radius 3 is 2.85 bits per heavy atom. The number of anilines is 1. The molecule has 0 saturated carbocycles. The molecule has 0 radical (unpaired) electrons. The molecule has 5 nitrogen and oxygen atoms in total. The molecular formula is C15H12N2O3. The van der Waals surface area contributed by atoms with Crippen LogP contribution in [0.2, 0.25) is 0 Å². The van der Waals surface area contributed by atoms with Gasteiger partial charge in [0.05, 0.1) is 5.52 Å². The van der Waals surface area contributed by atoms with E-state index in [1.165, 1.54) is 0 Å². The van der Waals surface area contributed by atoms with Gasteiger partial charge in [0.1, 0.15) is 0 Å². The fourth-order valence-corrected chi connectivity index (χ4v) is 2.01. The van der Waals surface area contributed by atoms with Gasteiger partial charge in [-0.05, 0) is 42.8 Å². The predicted octanol–water partition coefficient (Wildman–Crippen LogP) is 2.68. The van der Waals surface area contributed by atoms with Crippen LogP contribution < -0.4 is 11.1 Å². The second-order valence-corrected chi connectivity index (χ2v) is 4.55. The third-order valence-corrected chi connectivity index (χ3v) is 2.96. The van der Waals surface area contributed by atoms with E-state index in [0.717, 1.165) is 11.3 Å². The summed E-state index contributed by atoms with van der Waals surface area (Å²) in [6.45, 7) is 1.95. The third-order valence-electron chi connectivity index (χ3n) is 2.96. The quantitative estimate of drug-likeness (QED) is 0.750. The molecule has 0 bridgehead atoms. The Balaban J connectivity index is 1.90. The lowest BCUT2D eigenvalue weighted by atomic mass is 10.1. The van der Waals surface area contributed by atoms with Gasteiger partial charge in [0, 0.05) is 11.3 Å². The van der Waals surface area contributed by atoms with Gasteiger partial charge in [0.25, 0.3) is 5.91 Å². The average molecular weight is 268 g/mol. The van der Waals surface area contributed by atoms with Crippen LogP contribution in [0.3, 0.4) is 0 Å². The van der Waals surface area contributed by atoms with Crippen LogP contribution in [0.25, 0.3) is 11.1 Å². The van der Waals surface area contributed by atoms with Crippen LogP contribution in [0.4, 0.5) is 5.69 Å². The average Bonchev–Trinajstić information content (AvgIpc) is 2.77. The summed E-state index contributed by atoms with van der Waals surface area (Å²) in [5.41, 5.74) is 3.16. The molecule has 0 spiro atoms. The number of hydrogen-bond donors (Lipinski definition) is 2. The number of H-pyrrole nitrogens is 1. The van der Waals surface area contributed by atoms with Crippen LogP contribution in [0.5, 0.6) is 0 Å². The zero-order valence-electron chi connectivity index (χ0n) is 10.8. The van der Waals surface area contributed by atoms with Gasteiger partial charge in [0.2, 0.25) is 0 Å². The minimum absolute atomic E-state index is 0.249. The number of nitrogens with one attached hydrogen (secondary N) is 2. The number of aromatic amines is 1. The van der Waals surface area contributed by atoms with Crippen molar-refractivity contribution in [3.05, 3.63) is 64.1 Å². The maximum absolute atomic E-state index is 12.1. The monoisotopic (exact) mass is 268 g/mol. The van der Waals surface area contributed by atoms with E-state index in [2.05, 4.69) is 10.3 Å². The predicted molar refractivity (Wildman–Crippen MR) is 76.0 cm³/mol. The van der Waals surface area contributed by atoms with Crippen molar-refractivity contribution in [3.8, 4) is 0 Å². The standard InChI is InChI=1S/C15H12N2O3/c1-9-3-2-4-11(7-9)16-14(18)10-5-6-12-13(8-10)20-15(19)17-12/h2-8H,1H3,(H,16,18)(H,17,19). The summed E-state index contributed by atoms with van der Waals surface area (Å²) in [7, 11) is 0. The van der Waals surface area contributed by atoms with Gasteiger partial charge in [-0.1, -0.05) is 12.1 Å². The molecule has 0 saturated heterocycles. The van der Waals surface area contributed by atoms with Gasteiger partial charge in [-0.2, -0.15) is 0 Å². The molecule has 0 atom stereocenters. The zero-order valence-corrected chi connectivity index (χ0v) is 10.8. The molecule has 1 aromatic heterocycles. The highest BCUT2D eigenvalue weighted by Gasteiger charge is 2.09. The Kier molecular flexibility index (Phi) is 2.87. The van der Waals surface area contributed by atoms with Crippen molar-refractivity contribution >= 4 is 22.7 Å². The number of hydrogen-bond acceptors (Lipinski definition) is 3. The Hall–Kier alpha value is -2.82. The normalized spacial score (nSPS) is 10.7. The molecule has 2 aromatic carbocycles. The molecule has 1 amide bonds. The zero-order chi connectivity index (χ0) is 14.1. The van der Waals surface area contributed by atoms with E-state index in [0.29, 0.717) is 16.7 Å². The highest BCUT2D eigenvalue weighted by Crippen LogP contribution is 2.15. The van der Waals surface area contributed by atoms with Gasteiger partial charge < -0.3 is 9.73 Å². The molecule has 0 aliphatic heterocycles. The molecule has 20 heavy (non-hydrogen) atoms. The minimum Gasteiger partial charge on any atom is -0.408 e. The third kappa shape index (κ3) is 2.33. The Bertz CT molecular complexity index is 845. The summed E-state index contributed by atoms with van der Waals surface area (Å²) in [6, 6.07) is 12.4. The first-order chi connectivity index (χ1) is 9.61. The first-order valence-corrected chi connectivity index (χ1v) is 6.13. The molecule has 0 aliphatic carbocycles. The number of rotatable bonds is 2. The van der Waals surface area contributed by atoms with E-state index < -0.39 is 5.76 Å². The van der Waals surface area contributed by atoms with Crippen molar-refractivity contribution in [3.63, 3.8) is 0 Å². The summed E-state index contributed by atoms with van der Waals surface area (Å²) in [5, 5.41) is 2.80. The van der Waals surface area contributed by atoms with Crippen molar-refractivity contribution in [2.75, 3.05) is 5.32 Å². The maximum atomic E-state index is 12.1. The molecule has 0 fully saturated rings. The molecular weight excluding hydrogens is 256 g/mol. The van der Waals surface area contributed by atoms with E-state index in [9.17, 15) is 9.59 Å². The van der Waals surface area contributed by atoms with Gasteiger partial charge in [-0.25, -0.2) is 4.79 Å². The molecule has 100 valence electrons. The van der Waals surface area contributed by atoms with Crippen molar-refractivity contribution in [1.29, 1.82) is 0 Å². The van der Waals surface area contributed by atoms with Gasteiger partial charge >= 0.3 is 5.76 Å². The smallest absolute Gasteiger partial charge is 0.408 e. The SMILES string of the molecule is Cc1cccc(NC(=O)c2ccc3[nH]c(=O)oc3c2)c1. The molecule has 0 unspecified atom stereocenters. The van der Waals surface area contributed by atoms with Gasteiger partial charge in [-0.15, -0.1) is 0 Å². The Morgan fingerprint density at radius 2 is 2.05 bits per heavy atom. The van der Waals surface area contributed by atoms with Crippen molar-refractivity contribution in [2.24, 2.45) is 0 Å². The van der Waals surface area contributed by atoms with Crippen LogP contribution in [0, 0.1) is 6.92 Å². The lowest BCUT2D eigenvalue weighted by Crippen LogP contribution is -2.11. The highest BCUT2D eigenvalue weighted by molar-refractivity contribution is 6.05. The van der Waals surface area contributed by atoms with E-state index in [1.54, 1.807) is 18.2 Å². The Morgan fingerprint density at radius 1 is 1.20 bits per heavy atom. The number of fused-ring (bicyclic) bond motifs is 1. The van der Waals surface area contributed by atoms with Crippen LogP contribution in [0.15, 0.2) is 51.7 Å². The summed E-state index contributed by atoms with van der Waals surface area (Å²) < 4.78 is 4.94. The van der Waals surface area contributed by atoms with Crippen LogP contribution in [0.1, 0.15) is 15.9 Å². The topological polar surface area (TPSA) is 75.1 Å². The fourth-order valence-electron chi connectivity index (χ4n) is 2.01. The van der Waals surface area contributed by atoms with Crippen molar-refractivity contribution in [2.45, 2.75) is 6.92 Å². The highest BCUT2D eigenvalue weighted by atomic mass is 16.4. The van der Waals surface area contributed by atoms with Crippen molar-refractivity contribution in [1.82, 2.24) is 4.98 Å². The second kappa shape index (κ2) is 4.70. The van der Waals surface area contributed by atoms with Gasteiger partial charge in [-0.3, -0.25) is 9.78 Å². The van der Waals surface area contributed by atoms with E-state index in [-0.39, 0.29) is 5.91 Å². The van der Waals surface area contributed by atoms with E-state index in [4.69, 9.17) is 4.42 Å². The second-order valence-electron chi connectivity index (χ2n) is 4.55. The number of oxazole rings is 1. The molecule has 0 aliphatic rings. The number of amides is 1. The first-order valence-electron chi connectivity index (χ1n) is 6.13.